The Hall–Kier alpha value is -4.72. The highest BCUT2D eigenvalue weighted by molar-refractivity contribution is 5.93. The summed E-state index contributed by atoms with van der Waals surface area (Å²) >= 11 is 0. The molecule has 190 valence electrons. The van der Waals surface area contributed by atoms with Crippen LogP contribution in [0.2, 0.25) is 0 Å². The Balaban J connectivity index is 1.08. The number of fused-ring (bicyclic) bond motifs is 1. The number of anilines is 2. The van der Waals surface area contributed by atoms with E-state index in [4.69, 9.17) is 4.98 Å². The number of amides is 1. The molecule has 5 aromatic rings. The lowest BCUT2D eigenvalue weighted by molar-refractivity contribution is -0.119. The minimum atomic E-state index is -0.167. The first kappa shape index (κ1) is 23.7. The number of aromatic nitrogens is 4. The third kappa shape index (κ3) is 4.80. The molecule has 3 aromatic carbocycles. The van der Waals surface area contributed by atoms with Gasteiger partial charge in [-0.25, -0.2) is 9.67 Å². The van der Waals surface area contributed by atoms with Crippen LogP contribution in [0, 0.1) is 12.8 Å². The minimum absolute atomic E-state index is 0.0232. The number of nitrogens with one attached hydrogen (secondary N) is 2. The molecule has 1 fully saturated rings. The second-order valence-corrected chi connectivity index (χ2v) is 9.75. The summed E-state index contributed by atoms with van der Waals surface area (Å²) < 4.78 is 1.45. The number of nitrogens with zero attached hydrogens (tertiary/aromatic N) is 4. The minimum Gasteiger partial charge on any atom is -0.369 e. The highest BCUT2D eigenvalue weighted by atomic mass is 16.2. The number of imidazole rings is 1. The zero-order valence-electron chi connectivity index (χ0n) is 21.1. The molecule has 3 heterocycles. The van der Waals surface area contributed by atoms with E-state index in [2.05, 4.69) is 20.3 Å². The molecular weight excluding hydrogens is 476 g/mol. The second kappa shape index (κ2) is 9.97. The number of carbonyl (C=O) groups is 1. The lowest BCUT2D eigenvalue weighted by Gasteiger charge is -2.18. The normalized spacial score (nSPS) is 15.2. The Morgan fingerprint density at radius 2 is 1.87 bits per heavy atom. The van der Waals surface area contributed by atoms with Gasteiger partial charge in [0.25, 0.3) is 5.56 Å². The van der Waals surface area contributed by atoms with Gasteiger partial charge in [-0.1, -0.05) is 42.5 Å². The summed E-state index contributed by atoms with van der Waals surface area (Å²) in [6.07, 6.45) is 2.43. The second-order valence-electron chi connectivity index (χ2n) is 9.75. The fourth-order valence-corrected chi connectivity index (χ4v) is 4.95. The zero-order chi connectivity index (χ0) is 26.1. The predicted molar refractivity (Wildman–Crippen MR) is 149 cm³/mol. The van der Waals surface area contributed by atoms with Crippen LogP contribution in [-0.4, -0.2) is 38.7 Å². The van der Waals surface area contributed by atoms with Crippen molar-refractivity contribution in [2.24, 2.45) is 5.92 Å². The smallest absolute Gasteiger partial charge is 0.269 e. The number of hydrogen-bond donors (Lipinski definition) is 2. The van der Waals surface area contributed by atoms with Gasteiger partial charge in [0.15, 0.2) is 0 Å². The fraction of sp³-hybridized carbons (Fsp3) is 0.200. The highest BCUT2D eigenvalue weighted by Crippen LogP contribution is 2.26. The topological polar surface area (TPSA) is 95.9 Å². The first-order valence-electron chi connectivity index (χ1n) is 12.8. The number of para-hydroxylation sites is 1. The van der Waals surface area contributed by atoms with Crippen LogP contribution in [0.4, 0.5) is 11.4 Å². The summed E-state index contributed by atoms with van der Waals surface area (Å²) in [5.74, 6) is 0.614. The first-order chi connectivity index (χ1) is 18.5. The number of aromatic amines is 1. The van der Waals surface area contributed by atoms with Crippen molar-refractivity contribution in [1.29, 1.82) is 0 Å². The molecule has 0 saturated carbocycles. The molecular formula is C30H28N6O2. The maximum absolute atomic E-state index is 13.0. The van der Waals surface area contributed by atoms with Crippen LogP contribution in [0.25, 0.3) is 22.4 Å². The largest absolute Gasteiger partial charge is 0.369 e. The van der Waals surface area contributed by atoms with Crippen LogP contribution < -0.4 is 15.8 Å². The summed E-state index contributed by atoms with van der Waals surface area (Å²) in [7, 11) is 0. The maximum atomic E-state index is 13.0. The van der Waals surface area contributed by atoms with Crippen LogP contribution in [0.1, 0.15) is 17.5 Å². The number of hydrogen-bond acceptors (Lipinski definition) is 5. The molecule has 2 N–H and O–H groups in total. The Morgan fingerprint density at radius 3 is 2.63 bits per heavy atom. The van der Waals surface area contributed by atoms with Gasteiger partial charge in [0.2, 0.25) is 5.91 Å². The third-order valence-corrected chi connectivity index (χ3v) is 7.09. The Morgan fingerprint density at radius 1 is 1.05 bits per heavy atom. The number of aryl methyl sites for hydroxylation is 1. The molecule has 2 aromatic heterocycles. The molecule has 0 aliphatic carbocycles. The van der Waals surface area contributed by atoms with Gasteiger partial charge in [-0.15, -0.1) is 0 Å². The number of rotatable bonds is 6. The average molecular weight is 505 g/mol. The lowest BCUT2D eigenvalue weighted by Crippen LogP contribution is -2.29. The lowest BCUT2D eigenvalue weighted by atomic mass is 10.1. The molecule has 0 radical (unpaired) electrons. The van der Waals surface area contributed by atoms with E-state index in [1.165, 1.54) is 4.68 Å². The van der Waals surface area contributed by atoms with Gasteiger partial charge in [0.1, 0.15) is 5.82 Å². The third-order valence-electron chi connectivity index (χ3n) is 7.09. The van der Waals surface area contributed by atoms with Crippen molar-refractivity contribution >= 4 is 28.3 Å². The van der Waals surface area contributed by atoms with Gasteiger partial charge in [0, 0.05) is 30.4 Å². The molecule has 6 rings (SSSR count). The summed E-state index contributed by atoms with van der Waals surface area (Å²) in [4.78, 5) is 35.8. The van der Waals surface area contributed by atoms with Crippen molar-refractivity contribution in [3.8, 4) is 11.4 Å². The monoisotopic (exact) mass is 504 g/mol. The molecule has 38 heavy (non-hydrogen) atoms. The van der Waals surface area contributed by atoms with E-state index in [9.17, 15) is 9.59 Å². The summed E-state index contributed by atoms with van der Waals surface area (Å²) in [6.45, 7) is 3.73. The first-order valence-corrected chi connectivity index (χ1v) is 12.8. The summed E-state index contributed by atoms with van der Waals surface area (Å²) in [6, 6.07) is 25.2. The van der Waals surface area contributed by atoms with Crippen molar-refractivity contribution in [1.82, 2.24) is 19.7 Å². The number of benzene rings is 3. The summed E-state index contributed by atoms with van der Waals surface area (Å²) in [5, 5.41) is 7.40. The Bertz CT molecular complexity index is 1660. The molecule has 8 nitrogen and oxygen atoms in total. The fourth-order valence-electron chi connectivity index (χ4n) is 4.95. The summed E-state index contributed by atoms with van der Waals surface area (Å²) in [5.41, 5.74) is 6.42. The van der Waals surface area contributed by atoms with Gasteiger partial charge in [-0.05, 0) is 54.8 Å². The number of H-pyrrole nitrogens is 1. The van der Waals surface area contributed by atoms with Crippen molar-refractivity contribution < 1.29 is 4.79 Å². The van der Waals surface area contributed by atoms with E-state index < -0.39 is 0 Å². The quantitative estimate of drug-likeness (QED) is 0.352. The maximum Gasteiger partial charge on any atom is 0.269 e. The van der Waals surface area contributed by atoms with Gasteiger partial charge in [-0.2, -0.15) is 5.10 Å². The molecule has 1 aliphatic rings. The predicted octanol–water partition coefficient (Wildman–Crippen LogP) is 4.61. The van der Waals surface area contributed by atoms with Crippen LogP contribution in [0.5, 0.6) is 0 Å². The zero-order valence-corrected chi connectivity index (χ0v) is 21.1. The van der Waals surface area contributed by atoms with Gasteiger partial charge in [-0.3, -0.25) is 9.59 Å². The van der Waals surface area contributed by atoms with Crippen molar-refractivity contribution in [3.05, 3.63) is 107 Å². The SMILES string of the molecule is Cc1cccc2[nH]c(-c3ccc(NC(=O)C4CCN(c5cnn(Cc6ccccc6)c(=O)c5)C4)cc3)nc12. The molecule has 8 heteroatoms. The molecule has 0 spiro atoms. The van der Waals surface area contributed by atoms with Gasteiger partial charge in [0.05, 0.1) is 35.4 Å². The van der Waals surface area contributed by atoms with E-state index in [1.807, 2.05) is 79.7 Å². The Labute approximate surface area is 220 Å². The van der Waals surface area contributed by atoms with Crippen LogP contribution in [-0.2, 0) is 11.3 Å². The number of carbonyl (C=O) groups excluding carboxylic acids is 1. The van der Waals surface area contributed by atoms with Crippen LogP contribution >= 0.6 is 0 Å². The van der Waals surface area contributed by atoms with Crippen molar-refractivity contribution in [2.75, 3.05) is 23.3 Å². The van der Waals surface area contributed by atoms with Gasteiger partial charge >= 0.3 is 0 Å². The van der Waals surface area contributed by atoms with Crippen LogP contribution in [0.3, 0.4) is 0 Å². The molecule has 1 atom stereocenters. The van der Waals surface area contributed by atoms with E-state index >= 15 is 0 Å². The molecule has 1 aliphatic heterocycles. The van der Waals surface area contributed by atoms with Gasteiger partial charge < -0.3 is 15.2 Å². The highest BCUT2D eigenvalue weighted by Gasteiger charge is 2.29. The molecule has 0 bridgehead atoms. The van der Waals surface area contributed by atoms with Crippen LogP contribution in [0.15, 0.2) is 89.9 Å². The average Bonchev–Trinajstić information content (AvgIpc) is 3.60. The van der Waals surface area contributed by atoms with Crippen molar-refractivity contribution in [3.63, 3.8) is 0 Å². The Kier molecular flexibility index (Phi) is 6.21. The molecule has 1 unspecified atom stereocenters. The molecule has 1 saturated heterocycles. The van der Waals surface area contributed by atoms with E-state index in [1.54, 1.807) is 12.3 Å². The molecule has 1 amide bonds. The standard InChI is InChI=1S/C30H28N6O2/c1-20-6-5-9-26-28(20)34-29(33-26)22-10-12-24(13-11-22)32-30(38)23-14-15-35(19-23)25-16-27(37)36(31-17-25)18-21-7-3-2-4-8-21/h2-13,16-17,23H,14-15,18-19H2,1H3,(H,32,38)(H,33,34). The van der Waals surface area contributed by atoms with E-state index in [0.717, 1.165) is 51.3 Å². The van der Waals surface area contributed by atoms with E-state index in [0.29, 0.717) is 19.6 Å². The van der Waals surface area contributed by atoms with E-state index in [-0.39, 0.29) is 17.4 Å². The van der Waals surface area contributed by atoms with Crippen molar-refractivity contribution in [2.45, 2.75) is 19.9 Å².